The maximum absolute atomic E-state index is 9.08. The summed E-state index contributed by atoms with van der Waals surface area (Å²) in [6, 6.07) is 5.25. The first-order valence-corrected chi connectivity index (χ1v) is 5.32. The lowest BCUT2D eigenvalue weighted by atomic mass is 10.2. The van der Waals surface area contributed by atoms with Gasteiger partial charge in [-0.25, -0.2) is 0 Å². The topological polar surface area (TPSA) is 52.5 Å². The molecule has 0 aromatic heterocycles. The molecule has 0 amide bonds. The number of nitrogens with one attached hydrogen (secondary N) is 1. The number of benzene rings is 1. The van der Waals surface area contributed by atoms with Gasteiger partial charge in [0.15, 0.2) is 0 Å². The molecule has 0 fully saturated rings. The summed E-state index contributed by atoms with van der Waals surface area (Å²) in [6.07, 6.45) is -0.740. The second-order valence-electron chi connectivity index (χ2n) is 3.20. The van der Waals surface area contributed by atoms with Crippen LogP contribution in [0.15, 0.2) is 18.2 Å². The van der Waals surface area contributed by atoms with E-state index in [0.717, 1.165) is 5.56 Å². The minimum Gasteiger partial charge on any atom is -0.394 e. The summed E-state index contributed by atoms with van der Waals surface area (Å²) in [4.78, 5) is 0. The maximum atomic E-state index is 9.08. The number of hydrogen-bond donors (Lipinski definition) is 3. The van der Waals surface area contributed by atoms with Crippen LogP contribution in [0, 0.1) is 0 Å². The summed E-state index contributed by atoms with van der Waals surface area (Å²) < 4.78 is 0. The van der Waals surface area contributed by atoms with Gasteiger partial charge in [0, 0.05) is 23.1 Å². The molecule has 0 aliphatic carbocycles. The van der Waals surface area contributed by atoms with E-state index in [-0.39, 0.29) is 6.61 Å². The standard InChI is InChI=1S/C10H13Cl2NO2/c11-8-2-1-7(10(12)3-8)4-13-5-9(15)6-14/h1-3,9,13-15H,4-6H2/t9-/m1/s1. The Morgan fingerprint density at radius 3 is 2.67 bits per heavy atom. The fourth-order valence-electron chi connectivity index (χ4n) is 1.10. The first kappa shape index (κ1) is 12.7. The third-order valence-corrected chi connectivity index (χ3v) is 2.51. The van der Waals surface area contributed by atoms with Crippen LogP contribution < -0.4 is 5.32 Å². The molecule has 5 heteroatoms. The lowest BCUT2D eigenvalue weighted by Crippen LogP contribution is -2.28. The van der Waals surface area contributed by atoms with E-state index >= 15 is 0 Å². The second kappa shape index (κ2) is 6.30. The van der Waals surface area contributed by atoms with Gasteiger partial charge in [-0.3, -0.25) is 0 Å². The van der Waals surface area contributed by atoms with Gasteiger partial charge in [0.05, 0.1) is 12.7 Å². The molecule has 1 atom stereocenters. The second-order valence-corrected chi connectivity index (χ2v) is 4.05. The van der Waals surface area contributed by atoms with E-state index < -0.39 is 6.10 Å². The summed E-state index contributed by atoms with van der Waals surface area (Å²) in [5.74, 6) is 0. The summed E-state index contributed by atoms with van der Waals surface area (Å²) in [5, 5.41) is 21.8. The van der Waals surface area contributed by atoms with Crippen LogP contribution in [0.5, 0.6) is 0 Å². The highest BCUT2D eigenvalue weighted by Gasteiger charge is 2.03. The molecule has 0 heterocycles. The SMILES string of the molecule is OC[C@H](O)CNCc1ccc(Cl)cc1Cl. The molecule has 0 bridgehead atoms. The molecule has 1 rings (SSSR count). The van der Waals surface area contributed by atoms with Crippen LogP contribution in [-0.4, -0.2) is 29.5 Å². The number of hydrogen-bond acceptors (Lipinski definition) is 3. The van der Waals surface area contributed by atoms with E-state index in [4.69, 9.17) is 33.4 Å². The van der Waals surface area contributed by atoms with Crippen molar-refractivity contribution >= 4 is 23.2 Å². The van der Waals surface area contributed by atoms with E-state index in [2.05, 4.69) is 5.32 Å². The van der Waals surface area contributed by atoms with Crippen LogP contribution in [-0.2, 0) is 6.54 Å². The predicted octanol–water partition coefficient (Wildman–Crippen LogP) is 1.44. The molecular weight excluding hydrogens is 237 g/mol. The number of halogens is 2. The molecule has 84 valence electrons. The van der Waals surface area contributed by atoms with Crippen molar-refractivity contribution in [2.75, 3.05) is 13.2 Å². The van der Waals surface area contributed by atoms with Gasteiger partial charge in [0.2, 0.25) is 0 Å². The average Bonchev–Trinajstić information content (AvgIpc) is 2.21. The van der Waals surface area contributed by atoms with Crippen LogP contribution in [0.4, 0.5) is 0 Å². The van der Waals surface area contributed by atoms with E-state index in [1.807, 2.05) is 6.07 Å². The summed E-state index contributed by atoms with van der Waals surface area (Å²) in [7, 11) is 0. The van der Waals surface area contributed by atoms with Crippen molar-refractivity contribution < 1.29 is 10.2 Å². The van der Waals surface area contributed by atoms with Crippen molar-refractivity contribution in [2.45, 2.75) is 12.6 Å². The van der Waals surface area contributed by atoms with Gasteiger partial charge in [-0.2, -0.15) is 0 Å². The van der Waals surface area contributed by atoms with Gasteiger partial charge in [-0.15, -0.1) is 0 Å². The predicted molar refractivity (Wildman–Crippen MR) is 61.3 cm³/mol. The molecule has 0 aliphatic heterocycles. The summed E-state index contributed by atoms with van der Waals surface area (Å²) in [6.45, 7) is 0.615. The Morgan fingerprint density at radius 1 is 1.33 bits per heavy atom. The van der Waals surface area contributed by atoms with Crippen molar-refractivity contribution in [1.29, 1.82) is 0 Å². The molecule has 3 N–H and O–H groups in total. The largest absolute Gasteiger partial charge is 0.394 e. The molecule has 0 unspecified atom stereocenters. The van der Waals surface area contributed by atoms with Crippen LogP contribution in [0.2, 0.25) is 10.0 Å². The monoisotopic (exact) mass is 249 g/mol. The van der Waals surface area contributed by atoms with Gasteiger partial charge in [0.1, 0.15) is 0 Å². The minimum absolute atomic E-state index is 0.249. The molecule has 0 saturated heterocycles. The third-order valence-electron chi connectivity index (χ3n) is 1.92. The van der Waals surface area contributed by atoms with E-state index in [1.54, 1.807) is 12.1 Å². The Labute approximate surface area is 98.6 Å². The summed E-state index contributed by atoms with van der Waals surface area (Å²) in [5.41, 5.74) is 0.909. The van der Waals surface area contributed by atoms with Crippen molar-refractivity contribution in [2.24, 2.45) is 0 Å². The van der Waals surface area contributed by atoms with Crippen LogP contribution in [0.3, 0.4) is 0 Å². The number of rotatable bonds is 5. The van der Waals surface area contributed by atoms with Gasteiger partial charge >= 0.3 is 0 Å². The van der Waals surface area contributed by atoms with Gasteiger partial charge < -0.3 is 15.5 Å². The van der Waals surface area contributed by atoms with Gasteiger partial charge in [-0.05, 0) is 17.7 Å². The Bertz CT molecular complexity index is 320. The van der Waals surface area contributed by atoms with Crippen molar-refractivity contribution in [3.05, 3.63) is 33.8 Å². The fourth-order valence-corrected chi connectivity index (χ4v) is 1.58. The Hall–Kier alpha value is -0.320. The van der Waals surface area contributed by atoms with Crippen LogP contribution >= 0.6 is 23.2 Å². The highest BCUT2D eigenvalue weighted by Crippen LogP contribution is 2.20. The quantitative estimate of drug-likeness (QED) is 0.741. The van der Waals surface area contributed by atoms with E-state index in [9.17, 15) is 0 Å². The zero-order valence-electron chi connectivity index (χ0n) is 8.08. The lowest BCUT2D eigenvalue weighted by molar-refractivity contribution is 0.0942. The van der Waals surface area contributed by atoms with E-state index in [1.165, 1.54) is 0 Å². The smallest absolute Gasteiger partial charge is 0.0895 e. The zero-order valence-corrected chi connectivity index (χ0v) is 9.59. The maximum Gasteiger partial charge on any atom is 0.0895 e. The van der Waals surface area contributed by atoms with Crippen molar-refractivity contribution in [3.8, 4) is 0 Å². The molecule has 1 aromatic rings. The first-order chi connectivity index (χ1) is 7.13. The highest BCUT2D eigenvalue weighted by atomic mass is 35.5. The number of aliphatic hydroxyl groups is 2. The molecule has 1 aromatic carbocycles. The van der Waals surface area contributed by atoms with Crippen molar-refractivity contribution in [3.63, 3.8) is 0 Å². The number of aliphatic hydroxyl groups excluding tert-OH is 2. The van der Waals surface area contributed by atoms with E-state index in [0.29, 0.717) is 23.1 Å². The molecular formula is C10H13Cl2NO2. The molecule has 0 spiro atoms. The lowest BCUT2D eigenvalue weighted by Gasteiger charge is -2.09. The normalized spacial score (nSPS) is 12.8. The highest BCUT2D eigenvalue weighted by molar-refractivity contribution is 6.35. The third kappa shape index (κ3) is 4.36. The van der Waals surface area contributed by atoms with Crippen LogP contribution in [0.1, 0.15) is 5.56 Å². The Kier molecular flexibility index (Phi) is 5.36. The van der Waals surface area contributed by atoms with Gasteiger partial charge in [0.25, 0.3) is 0 Å². The fraction of sp³-hybridized carbons (Fsp3) is 0.400. The molecule has 0 aliphatic rings. The molecule has 15 heavy (non-hydrogen) atoms. The summed E-state index contributed by atoms with van der Waals surface area (Å²) >= 11 is 11.7. The Morgan fingerprint density at radius 2 is 2.07 bits per heavy atom. The van der Waals surface area contributed by atoms with Crippen LogP contribution in [0.25, 0.3) is 0 Å². The molecule has 3 nitrogen and oxygen atoms in total. The van der Waals surface area contributed by atoms with Gasteiger partial charge in [-0.1, -0.05) is 29.3 Å². The minimum atomic E-state index is -0.740. The molecule has 0 radical (unpaired) electrons. The Balaban J connectivity index is 2.44. The molecule has 0 saturated carbocycles. The van der Waals surface area contributed by atoms with Crippen molar-refractivity contribution in [1.82, 2.24) is 5.32 Å². The average molecular weight is 250 g/mol. The zero-order chi connectivity index (χ0) is 11.3. The first-order valence-electron chi connectivity index (χ1n) is 4.57.